The zero-order valence-corrected chi connectivity index (χ0v) is 21.3. The van der Waals surface area contributed by atoms with E-state index in [1.807, 2.05) is 44.1 Å². The van der Waals surface area contributed by atoms with Crippen molar-refractivity contribution in [2.24, 2.45) is 29.4 Å². The second-order valence-electron chi connectivity index (χ2n) is 10.4. The number of phenols is 1. The number of nitrogens with zero attached hydrogens (tertiary/aromatic N) is 1. The highest BCUT2D eigenvalue weighted by Crippen LogP contribution is 2.50. The minimum absolute atomic E-state index is 0.117. The van der Waals surface area contributed by atoms with E-state index in [2.05, 4.69) is 0 Å². The summed E-state index contributed by atoms with van der Waals surface area (Å²) in [6, 6.07) is 3.21. The molecule has 0 aliphatic heterocycles. The van der Waals surface area contributed by atoms with Gasteiger partial charge in [0.05, 0.1) is 23.7 Å². The molecule has 4 unspecified atom stereocenters. The summed E-state index contributed by atoms with van der Waals surface area (Å²) in [5.74, 6) is -4.58. The number of ketones is 2. The Bertz CT molecular complexity index is 1270. The second kappa shape index (κ2) is 10.5. The maximum atomic E-state index is 13.8. The average molecular weight is 509 g/mol. The lowest BCUT2D eigenvalue weighted by Gasteiger charge is -2.40. The second-order valence-corrected chi connectivity index (χ2v) is 10.4. The zero-order valence-electron chi connectivity index (χ0n) is 21.3. The molecule has 3 aliphatic carbocycles. The number of aliphatic hydroxyl groups is 1. The lowest BCUT2D eigenvalue weighted by atomic mass is 9.61. The van der Waals surface area contributed by atoms with Crippen LogP contribution in [0.4, 0.5) is 4.39 Å². The Morgan fingerprint density at radius 2 is 1.97 bits per heavy atom. The Morgan fingerprint density at radius 3 is 2.59 bits per heavy atom. The van der Waals surface area contributed by atoms with Gasteiger partial charge in [-0.25, -0.2) is 0 Å². The molecule has 0 spiro atoms. The number of carbonyl (C=O) groups is 3. The fourth-order valence-electron chi connectivity index (χ4n) is 6.07. The summed E-state index contributed by atoms with van der Waals surface area (Å²) in [7, 11) is 3.76. The van der Waals surface area contributed by atoms with E-state index in [4.69, 9.17) is 5.73 Å². The van der Waals surface area contributed by atoms with Gasteiger partial charge in [0.2, 0.25) is 0 Å². The zero-order chi connectivity index (χ0) is 27.0. The number of alkyl halides is 1. The number of nitrogens with two attached hydrogens (primary N) is 1. The van der Waals surface area contributed by atoms with Crippen LogP contribution in [0.1, 0.15) is 36.5 Å². The van der Waals surface area contributed by atoms with Crippen LogP contribution in [0.2, 0.25) is 0 Å². The Kier molecular flexibility index (Phi) is 7.50. The van der Waals surface area contributed by atoms with Crippen molar-refractivity contribution in [1.29, 1.82) is 0 Å². The minimum Gasteiger partial charge on any atom is -0.507 e. The molecule has 0 heterocycles. The van der Waals surface area contributed by atoms with E-state index in [0.717, 1.165) is 11.1 Å². The smallest absolute Gasteiger partial charge is 0.252 e. The number of benzene rings is 1. The third-order valence-corrected chi connectivity index (χ3v) is 7.56. The summed E-state index contributed by atoms with van der Waals surface area (Å²) >= 11 is 0. The number of aliphatic hydroxyl groups excluding tert-OH is 1. The average Bonchev–Trinajstić information content (AvgIpc) is 2.82. The predicted octanol–water partition coefficient (Wildman–Crippen LogP) is 3.53. The number of fused-ring (bicyclic) bond motifs is 3. The van der Waals surface area contributed by atoms with Gasteiger partial charge in [-0.1, -0.05) is 30.4 Å². The molecule has 37 heavy (non-hydrogen) atoms. The highest BCUT2D eigenvalue weighted by Gasteiger charge is 2.50. The van der Waals surface area contributed by atoms with Crippen molar-refractivity contribution in [2.45, 2.75) is 26.2 Å². The van der Waals surface area contributed by atoms with Crippen LogP contribution in [0.5, 0.6) is 5.75 Å². The van der Waals surface area contributed by atoms with E-state index in [1.54, 1.807) is 6.07 Å². The largest absolute Gasteiger partial charge is 0.507 e. The number of Topliss-reactive ketones (excluding diaryl/α,β-unsaturated/α-hetero) is 2. The minimum atomic E-state index is -1.07. The van der Waals surface area contributed by atoms with E-state index < -0.39 is 30.1 Å². The van der Waals surface area contributed by atoms with Gasteiger partial charge in [-0.3, -0.25) is 18.8 Å². The molecule has 0 bridgehead atoms. The van der Waals surface area contributed by atoms with Crippen LogP contribution >= 0.6 is 0 Å². The molecule has 7 nitrogen and oxygen atoms in total. The molecule has 8 heteroatoms. The number of aromatic hydroxyl groups is 1. The number of hydrogen-bond acceptors (Lipinski definition) is 6. The highest BCUT2D eigenvalue weighted by molar-refractivity contribution is 6.28. The van der Waals surface area contributed by atoms with Crippen molar-refractivity contribution in [1.82, 2.24) is 4.90 Å². The summed E-state index contributed by atoms with van der Waals surface area (Å²) in [6.45, 7) is 1.84. The lowest BCUT2D eigenvalue weighted by molar-refractivity contribution is -0.134. The Morgan fingerprint density at radius 1 is 1.24 bits per heavy atom. The fraction of sp³-hybridized carbons (Fsp3) is 0.414. The Hall–Kier alpha value is -3.52. The summed E-state index contributed by atoms with van der Waals surface area (Å²) in [6.07, 6.45) is 8.31. The van der Waals surface area contributed by atoms with Crippen molar-refractivity contribution < 1.29 is 29.0 Å². The van der Waals surface area contributed by atoms with Crippen molar-refractivity contribution in [3.63, 3.8) is 0 Å². The van der Waals surface area contributed by atoms with E-state index in [9.17, 15) is 29.0 Å². The molecule has 0 saturated heterocycles. The first-order chi connectivity index (χ1) is 17.6. The first-order valence-electron chi connectivity index (χ1n) is 12.5. The molecule has 4 atom stereocenters. The number of allylic oxidation sites excluding steroid dienone is 5. The molecule has 4 N–H and O–H groups in total. The van der Waals surface area contributed by atoms with Gasteiger partial charge in [0, 0.05) is 18.0 Å². The Balaban J connectivity index is 1.83. The highest BCUT2D eigenvalue weighted by atomic mass is 19.1. The molecular formula is C29H33FN2O5. The summed E-state index contributed by atoms with van der Waals surface area (Å²) in [4.78, 5) is 40.1. The van der Waals surface area contributed by atoms with E-state index >= 15 is 0 Å². The third-order valence-electron chi connectivity index (χ3n) is 7.56. The van der Waals surface area contributed by atoms with Crippen LogP contribution in [0.15, 0.2) is 47.6 Å². The van der Waals surface area contributed by atoms with E-state index in [0.29, 0.717) is 31.4 Å². The molecule has 1 fully saturated rings. The summed E-state index contributed by atoms with van der Waals surface area (Å²) < 4.78 is 13.8. The normalized spacial score (nSPS) is 24.6. The van der Waals surface area contributed by atoms with Crippen molar-refractivity contribution in [3.8, 4) is 5.75 Å². The fourth-order valence-corrected chi connectivity index (χ4v) is 6.07. The molecular weight excluding hydrogens is 475 g/mol. The van der Waals surface area contributed by atoms with E-state index in [-0.39, 0.29) is 46.0 Å². The third kappa shape index (κ3) is 4.78. The van der Waals surface area contributed by atoms with Gasteiger partial charge < -0.3 is 20.8 Å². The van der Waals surface area contributed by atoms with Gasteiger partial charge in [0.25, 0.3) is 5.91 Å². The topological polar surface area (TPSA) is 121 Å². The molecule has 1 aromatic rings. The molecule has 3 aliphatic rings. The van der Waals surface area contributed by atoms with Crippen molar-refractivity contribution in [2.75, 3.05) is 27.3 Å². The molecule has 196 valence electrons. The molecule has 1 amide bonds. The van der Waals surface area contributed by atoms with Gasteiger partial charge in [-0.2, -0.15) is 0 Å². The van der Waals surface area contributed by atoms with Crippen LogP contribution in [0.25, 0.3) is 11.3 Å². The van der Waals surface area contributed by atoms with Crippen LogP contribution in [0, 0.1) is 23.7 Å². The van der Waals surface area contributed by atoms with E-state index in [1.165, 1.54) is 12.1 Å². The predicted molar refractivity (Wildman–Crippen MR) is 139 cm³/mol. The van der Waals surface area contributed by atoms with Crippen LogP contribution in [-0.4, -0.2) is 59.9 Å². The number of primary amides is 1. The monoisotopic (exact) mass is 508 g/mol. The standard InChI is InChI=1S/C29H33FN2O5/c1-4-5-16(10-15(13-30)14-32(2)3)19-8-9-22(33)25-21(19)12-18-11-17-6-7-20(29(31)37)26(34)23(17)27(35)24(18)28(25)36/h4-5,7-10,15,17-18,23,33,36H,6,11-14H2,1-3H3,(H2,31,37)/b5-4-,16-10+. The molecule has 0 aromatic heterocycles. The van der Waals surface area contributed by atoms with Gasteiger partial charge in [-0.05, 0) is 74.9 Å². The first kappa shape index (κ1) is 26.5. The van der Waals surface area contributed by atoms with Gasteiger partial charge in [0.15, 0.2) is 11.6 Å². The number of rotatable bonds is 7. The SMILES string of the molecule is C/C=C\C(=C/C(CF)CN(C)C)c1ccc(O)c2c1CC1CC3CC=C(C(N)=O)C(=O)C3C(=O)C1=C2O. The number of carbonyl (C=O) groups excluding carboxylic acids is 3. The number of amides is 1. The van der Waals surface area contributed by atoms with Crippen molar-refractivity contribution >= 4 is 28.8 Å². The molecule has 1 aromatic carbocycles. The molecule has 1 saturated carbocycles. The number of hydrogen-bond donors (Lipinski definition) is 3. The number of phenolic OH excluding ortho intramolecular Hbond substituents is 1. The summed E-state index contributed by atoms with van der Waals surface area (Å²) in [5.41, 5.74) is 7.63. The Labute approximate surface area is 215 Å². The maximum absolute atomic E-state index is 13.8. The van der Waals surface area contributed by atoms with Crippen LogP contribution < -0.4 is 5.73 Å². The van der Waals surface area contributed by atoms with Crippen LogP contribution in [-0.2, 0) is 20.8 Å². The first-order valence-corrected chi connectivity index (χ1v) is 12.5. The maximum Gasteiger partial charge on any atom is 0.252 e. The number of halogens is 1. The quantitative estimate of drug-likeness (QED) is 0.294. The molecule has 0 radical (unpaired) electrons. The van der Waals surface area contributed by atoms with Gasteiger partial charge in [-0.15, -0.1) is 0 Å². The van der Waals surface area contributed by atoms with Gasteiger partial charge >= 0.3 is 0 Å². The molecule has 4 rings (SSSR count). The van der Waals surface area contributed by atoms with Gasteiger partial charge in [0.1, 0.15) is 11.5 Å². The van der Waals surface area contributed by atoms with Crippen LogP contribution in [0.3, 0.4) is 0 Å². The van der Waals surface area contributed by atoms with Crippen molar-refractivity contribution in [3.05, 3.63) is 64.3 Å². The summed E-state index contributed by atoms with van der Waals surface area (Å²) in [5, 5.41) is 22.1. The lowest BCUT2D eigenvalue weighted by Crippen LogP contribution is -2.45.